The van der Waals surface area contributed by atoms with E-state index in [1.165, 1.54) is 38.5 Å². The lowest BCUT2D eigenvalue weighted by Gasteiger charge is -2.31. The Hall–Kier alpha value is 0.400. The topological polar surface area (TPSA) is 18.5 Å². The van der Waals surface area contributed by atoms with E-state index in [4.69, 9.17) is 9.47 Å². The lowest BCUT2D eigenvalue weighted by atomic mass is 9.83. The number of halogens is 1. The molecule has 1 unspecified atom stereocenters. The molecule has 2 nitrogen and oxygen atoms in total. The van der Waals surface area contributed by atoms with Gasteiger partial charge in [0.1, 0.15) is 0 Å². The summed E-state index contributed by atoms with van der Waals surface area (Å²) in [7, 11) is 0. The van der Waals surface area contributed by atoms with Gasteiger partial charge in [-0.05, 0) is 26.7 Å². The third-order valence-corrected chi connectivity index (χ3v) is 4.87. The van der Waals surface area contributed by atoms with E-state index in [2.05, 4.69) is 22.9 Å². The van der Waals surface area contributed by atoms with E-state index in [1.54, 1.807) is 0 Å². The van der Waals surface area contributed by atoms with Crippen molar-refractivity contribution in [3.8, 4) is 0 Å². The Bertz CT molecular complexity index is 189. The van der Waals surface area contributed by atoms with Gasteiger partial charge in [-0.25, -0.2) is 0 Å². The summed E-state index contributed by atoms with van der Waals surface area (Å²) in [6, 6.07) is 0. The fourth-order valence-electron chi connectivity index (χ4n) is 2.45. The maximum absolute atomic E-state index is 5.98. The van der Waals surface area contributed by atoms with Gasteiger partial charge in [-0.3, -0.25) is 0 Å². The zero-order chi connectivity index (χ0) is 12.6. The van der Waals surface area contributed by atoms with Crippen LogP contribution in [0.5, 0.6) is 0 Å². The van der Waals surface area contributed by atoms with E-state index in [0.717, 1.165) is 25.2 Å². The molecule has 0 bridgehead atoms. The van der Waals surface area contributed by atoms with Gasteiger partial charge < -0.3 is 9.47 Å². The third kappa shape index (κ3) is 5.71. The molecule has 0 heterocycles. The van der Waals surface area contributed by atoms with Crippen molar-refractivity contribution in [1.82, 2.24) is 0 Å². The van der Waals surface area contributed by atoms with E-state index < -0.39 is 0 Å². The van der Waals surface area contributed by atoms with Crippen LogP contribution in [0.25, 0.3) is 0 Å². The van der Waals surface area contributed by atoms with Gasteiger partial charge in [0.25, 0.3) is 0 Å². The first-order valence-corrected chi connectivity index (χ1v) is 8.10. The van der Waals surface area contributed by atoms with Crippen LogP contribution in [0.4, 0.5) is 0 Å². The van der Waals surface area contributed by atoms with Crippen LogP contribution in [0.2, 0.25) is 0 Å². The second kappa shape index (κ2) is 8.49. The van der Waals surface area contributed by atoms with Gasteiger partial charge in [-0.2, -0.15) is 0 Å². The molecule has 0 aromatic rings. The minimum Gasteiger partial charge on any atom is -0.379 e. The summed E-state index contributed by atoms with van der Waals surface area (Å²) in [5.74, 6) is 0. The SMILES string of the molecule is CCOCC(C)OCC1(CBr)CCCCCC1. The minimum absolute atomic E-state index is 0.217. The Labute approximate surface area is 115 Å². The first-order chi connectivity index (χ1) is 8.22. The molecule has 0 aromatic heterocycles. The minimum atomic E-state index is 0.217. The molecule has 1 atom stereocenters. The van der Waals surface area contributed by atoms with E-state index >= 15 is 0 Å². The molecule has 0 radical (unpaired) electrons. The Morgan fingerprint density at radius 3 is 2.35 bits per heavy atom. The molecule has 0 amide bonds. The molecule has 1 aliphatic carbocycles. The first-order valence-electron chi connectivity index (χ1n) is 6.98. The summed E-state index contributed by atoms with van der Waals surface area (Å²) in [5, 5.41) is 1.07. The Balaban J connectivity index is 2.34. The molecule has 1 rings (SSSR count). The molecule has 0 spiro atoms. The summed E-state index contributed by atoms with van der Waals surface area (Å²) in [5.41, 5.74) is 0.372. The van der Waals surface area contributed by atoms with Crippen molar-refractivity contribution < 1.29 is 9.47 Å². The highest BCUT2D eigenvalue weighted by molar-refractivity contribution is 9.09. The number of rotatable bonds is 7. The normalized spacial score (nSPS) is 22.1. The number of hydrogen-bond donors (Lipinski definition) is 0. The van der Waals surface area contributed by atoms with Gasteiger partial charge in [-0.15, -0.1) is 0 Å². The van der Waals surface area contributed by atoms with Crippen molar-refractivity contribution in [2.75, 3.05) is 25.2 Å². The van der Waals surface area contributed by atoms with E-state index in [9.17, 15) is 0 Å². The molecule has 3 heteroatoms. The van der Waals surface area contributed by atoms with Gasteiger partial charge in [0.15, 0.2) is 0 Å². The predicted octanol–water partition coefficient (Wildman–Crippen LogP) is 4.16. The molecule has 0 N–H and O–H groups in total. The predicted molar refractivity (Wildman–Crippen MR) is 75.8 cm³/mol. The fourth-order valence-corrected chi connectivity index (χ4v) is 3.17. The number of hydrogen-bond acceptors (Lipinski definition) is 2. The van der Waals surface area contributed by atoms with Crippen molar-refractivity contribution in [3.63, 3.8) is 0 Å². The average molecular weight is 307 g/mol. The van der Waals surface area contributed by atoms with Crippen LogP contribution in [0.15, 0.2) is 0 Å². The summed E-state index contributed by atoms with van der Waals surface area (Å²) in [6.45, 7) is 6.50. The smallest absolute Gasteiger partial charge is 0.0780 e. The molecule has 1 fully saturated rings. The molecule has 0 aliphatic heterocycles. The molecule has 102 valence electrons. The molecule has 0 saturated heterocycles. The van der Waals surface area contributed by atoms with Crippen LogP contribution in [0, 0.1) is 5.41 Å². The molecule has 1 saturated carbocycles. The van der Waals surface area contributed by atoms with Gasteiger partial charge in [-0.1, -0.05) is 41.6 Å². The maximum Gasteiger partial charge on any atom is 0.0780 e. The molecule has 1 aliphatic rings. The lowest BCUT2D eigenvalue weighted by Crippen LogP contribution is -2.31. The fraction of sp³-hybridized carbons (Fsp3) is 1.00. The Morgan fingerprint density at radius 1 is 1.18 bits per heavy atom. The van der Waals surface area contributed by atoms with Crippen LogP contribution in [-0.4, -0.2) is 31.3 Å². The molecule has 0 aromatic carbocycles. The van der Waals surface area contributed by atoms with Gasteiger partial charge in [0.05, 0.1) is 19.3 Å². The average Bonchev–Trinajstić information content (AvgIpc) is 2.60. The van der Waals surface area contributed by atoms with Crippen molar-refractivity contribution in [2.24, 2.45) is 5.41 Å². The van der Waals surface area contributed by atoms with Gasteiger partial charge >= 0.3 is 0 Å². The largest absolute Gasteiger partial charge is 0.379 e. The third-order valence-electron chi connectivity index (χ3n) is 3.68. The van der Waals surface area contributed by atoms with Crippen molar-refractivity contribution in [1.29, 1.82) is 0 Å². The van der Waals surface area contributed by atoms with Crippen LogP contribution < -0.4 is 0 Å². The molecular weight excluding hydrogens is 280 g/mol. The summed E-state index contributed by atoms with van der Waals surface area (Å²) >= 11 is 3.69. The number of alkyl halides is 1. The van der Waals surface area contributed by atoms with Crippen molar-refractivity contribution in [3.05, 3.63) is 0 Å². The zero-order valence-corrected chi connectivity index (χ0v) is 12.9. The summed E-state index contributed by atoms with van der Waals surface area (Å²) in [6.07, 6.45) is 8.32. The number of ether oxygens (including phenoxy) is 2. The highest BCUT2D eigenvalue weighted by Gasteiger charge is 2.30. The molecule has 17 heavy (non-hydrogen) atoms. The van der Waals surface area contributed by atoms with Crippen LogP contribution in [0.3, 0.4) is 0 Å². The Kier molecular flexibility index (Phi) is 7.72. The van der Waals surface area contributed by atoms with E-state index in [1.807, 2.05) is 6.92 Å². The first kappa shape index (κ1) is 15.5. The van der Waals surface area contributed by atoms with Crippen LogP contribution in [0.1, 0.15) is 52.4 Å². The van der Waals surface area contributed by atoms with Crippen molar-refractivity contribution in [2.45, 2.75) is 58.5 Å². The summed E-state index contributed by atoms with van der Waals surface area (Å²) < 4.78 is 11.4. The molecular formula is C14H27BrO2. The highest BCUT2D eigenvalue weighted by Crippen LogP contribution is 2.37. The standard InChI is InChI=1S/C14H27BrO2/c1-3-16-10-13(2)17-12-14(11-15)8-6-4-5-7-9-14/h13H,3-12H2,1-2H3. The Morgan fingerprint density at radius 2 is 1.82 bits per heavy atom. The second-order valence-electron chi connectivity index (χ2n) is 5.33. The zero-order valence-electron chi connectivity index (χ0n) is 11.3. The van der Waals surface area contributed by atoms with Crippen LogP contribution in [-0.2, 0) is 9.47 Å². The maximum atomic E-state index is 5.98. The highest BCUT2D eigenvalue weighted by atomic mass is 79.9. The second-order valence-corrected chi connectivity index (χ2v) is 5.89. The monoisotopic (exact) mass is 306 g/mol. The quantitative estimate of drug-likeness (QED) is 0.519. The van der Waals surface area contributed by atoms with Crippen molar-refractivity contribution >= 4 is 15.9 Å². The van der Waals surface area contributed by atoms with Gasteiger partial charge in [0.2, 0.25) is 0 Å². The lowest BCUT2D eigenvalue weighted by molar-refractivity contribution is -0.0391. The van der Waals surface area contributed by atoms with E-state index in [-0.39, 0.29) is 6.10 Å². The van der Waals surface area contributed by atoms with Crippen LogP contribution >= 0.6 is 15.9 Å². The summed E-state index contributed by atoms with van der Waals surface area (Å²) in [4.78, 5) is 0. The van der Waals surface area contributed by atoms with Gasteiger partial charge in [0, 0.05) is 17.4 Å². The van der Waals surface area contributed by atoms with E-state index in [0.29, 0.717) is 5.41 Å².